The van der Waals surface area contributed by atoms with Crippen LogP contribution in [0.2, 0.25) is 0 Å². The first-order valence-corrected chi connectivity index (χ1v) is 7.63. The number of H-pyrrole nitrogens is 1. The molecule has 0 fully saturated rings. The number of aromatic amines is 1. The zero-order valence-corrected chi connectivity index (χ0v) is 12.3. The molecule has 0 amide bonds. The van der Waals surface area contributed by atoms with E-state index >= 15 is 0 Å². The fraction of sp³-hybridized carbons (Fsp3) is 0.214. The van der Waals surface area contributed by atoms with Crippen LogP contribution in [-0.4, -0.2) is 41.7 Å². The maximum atomic E-state index is 12.3. The van der Waals surface area contributed by atoms with Gasteiger partial charge >= 0.3 is 0 Å². The molecule has 0 saturated carbocycles. The van der Waals surface area contributed by atoms with E-state index in [0.717, 1.165) is 5.56 Å². The van der Waals surface area contributed by atoms with Crippen molar-refractivity contribution in [3.05, 3.63) is 47.7 Å². The predicted octanol–water partition coefficient (Wildman–Crippen LogP) is 0.574. The SMILES string of the molecule is CN(Cc1ccccc1C#CCO)S(=O)(=O)c1ccn[nH]1. The Morgan fingerprint density at radius 3 is 2.76 bits per heavy atom. The quantitative estimate of drug-likeness (QED) is 0.809. The van der Waals surface area contributed by atoms with Gasteiger partial charge in [-0.2, -0.15) is 9.40 Å². The lowest BCUT2D eigenvalue weighted by molar-refractivity contribution is 0.350. The second kappa shape index (κ2) is 6.54. The summed E-state index contributed by atoms with van der Waals surface area (Å²) in [5.41, 5.74) is 1.46. The third kappa shape index (κ3) is 3.49. The molecule has 7 heteroatoms. The molecule has 110 valence electrons. The normalized spacial score (nSPS) is 11.2. The molecule has 2 rings (SSSR count). The minimum absolute atomic E-state index is 0.0453. The van der Waals surface area contributed by atoms with Crippen molar-refractivity contribution in [3.63, 3.8) is 0 Å². The van der Waals surface area contributed by atoms with Crippen LogP contribution >= 0.6 is 0 Å². The van der Waals surface area contributed by atoms with Crippen LogP contribution in [0.5, 0.6) is 0 Å². The zero-order valence-electron chi connectivity index (χ0n) is 11.4. The summed E-state index contributed by atoms with van der Waals surface area (Å²) in [5, 5.41) is 14.9. The molecule has 0 saturated heterocycles. The summed E-state index contributed by atoms with van der Waals surface area (Å²) in [5.74, 6) is 5.38. The molecule has 21 heavy (non-hydrogen) atoms. The monoisotopic (exact) mass is 305 g/mol. The lowest BCUT2D eigenvalue weighted by Gasteiger charge is -2.16. The first-order chi connectivity index (χ1) is 10.1. The largest absolute Gasteiger partial charge is 0.384 e. The van der Waals surface area contributed by atoms with E-state index in [1.54, 1.807) is 12.1 Å². The molecule has 0 radical (unpaired) electrons. The number of hydrogen-bond acceptors (Lipinski definition) is 4. The number of aliphatic hydroxyl groups excluding tert-OH is 1. The Bertz CT molecular complexity index is 758. The van der Waals surface area contributed by atoms with Crippen LogP contribution < -0.4 is 0 Å². The summed E-state index contributed by atoms with van der Waals surface area (Å²) >= 11 is 0. The number of rotatable bonds is 4. The lowest BCUT2D eigenvalue weighted by atomic mass is 10.1. The number of benzene rings is 1. The minimum atomic E-state index is -3.61. The van der Waals surface area contributed by atoms with E-state index in [4.69, 9.17) is 5.11 Å². The van der Waals surface area contributed by atoms with Crippen molar-refractivity contribution >= 4 is 10.0 Å². The van der Waals surface area contributed by atoms with Crippen LogP contribution in [-0.2, 0) is 16.6 Å². The van der Waals surface area contributed by atoms with Gasteiger partial charge in [-0.05, 0) is 17.7 Å². The molecule has 2 N–H and O–H groups in total. The van der Waals surface area contributed by atoms with E-state index in [0.29, 0.717) is 5.56 Å². The van der Waals surface area contributed by atoms with Gasteiger partial charge in [-0.1, -0.05) is 30.0 Å². The van der Waals surface area contributed by atoms with Crippen molar-refractivity contribution in [2.24, 2.45) is 0 Å². The topological polar surface area (TPSA) is 86.3 Å². The number of nitrogens with zero attached hydrogens (tertiary/aromatic N) is 2. The number of aliphatic hydroxyl groups is 1. The molecule has 1 aromatic carbocycles. The highest BCUT2D eigenvalue weighted by atomic mass is 32.2. The van der Waals surface area contributed by atoms with Crippen LogP contribution in [0.3, 0.4) is 0 Å². The third-order valence-corrected chi connectivity index (χ3v) is 4.61. The second-order valence-electron chi connectivity index (χ2n) is 4.30. The van der Waals surface area contributed by atoms with Crippen LogP contribution in [0.15, 0.2) is 41.6 Å². The predicted molar refractivity (Wildman–Crippen MR) is 77.6 cm³/mol. The molecular formula is C14H15N3O3S. The molecule has 0 aliphatic carbocycles. The molecule has 0 aliphatic rings. The fourth-order valence-electron chi connectivity index (χ4n) is 1.79. The third-order valence-electron chi connectivity index (χ3n) is 2.88. The van der Waals surface area contributed by atoms with Crippen molar-refractivity contribution in [2.75, 3.05) is 13.7 Å². The molecule has 0 unspecified atom stereocenters. The molecule has 0 aliphatic heterocycles. The smallest absolute Gasteiger partial charge is 0.260 e. The highest BCUT2D eigenvalue weighted by molar-refractivity contribution is 7.89. The standard InChI is InChI=1S/C14H15N3O3S/c1-17(21(19,20)14-8-9-15-16-14)11-13-6-3-2-5-12(13)7-4-10-18/h2-3,5-6,8-9,18H,10-11H2,1H3,(H,15,16). The van der Waals surface area contributed by atoms with E-state index in [-0.39, 0.29) is 18.2 Å². The summed E-state index contributed by atoms with van der Waals surface area (Å²) in [4.78, 5) is 0. The van der Waals surface area contributed by atoms with Crippen molar-refractivity contribution in [1.82, 2.24) is 14.5 Å². The van der Waals surface area contributed by atoms with Crippen LogP contribution in [0.1, 0.15) is 11.1 Å². The Hall–Kier alpha value is -2.14. The molecule has 6 nitrogen and oxygen atoms in total. The number of aromatic nitrogens is 2. The van der Waals surface area contributed by atoms with Gasteiger partial charge in [0.05, 0.1) is 6.20 Å². The maximum absolute atomic E-state index is 12.3. The van der Waals surface area contributed by atoms with E-state index in [1.165, 1.54) is 23.6 Å². The van der Waals surface area contributed by atoms with Gasteiger partial charge in [0, 0.05) is 19.2 Å². The maximum Gasteiger partial charge on any atom is 0.260 e. The Kier molecular flexibility index (Phi) is 4.75. The Morgan fingerprint density at radius 2 is 2.10 bits per heavy atom. The molecular weight excluding hydrogens is 290 g/mol. The van der Waals surface area contributed by atoms with Crippen molar-refractivity contribution < 1.29 is 13.5 Å². The van der Waals surface area contributed by atoms with E-state index in [9.17, 15) is 8.42 Å². The average Bonchev–Trinajstić information content (AvgIpc) is 3.01. The van der Waals surface area contributed by atoms with Gasteiger partial charge in [-0.25, -0.2) is 8.42 Å². The number of hydrogen-bond donors (Lipinski definition) is 2. The lowest BCUT2D eigenvalue weighted by Crippen LogP contribution is -2.27. The van der Waals surface area contributed by atoms with E-state index in [2.05, 4.69) is 22.0 Å². The zero-order chi connectivity index (χ0) is 15.3. The van der Waals surface area contributed by atoms with Gasteiger partial charge in [0.1, 0.15) is 6.61 Å². The fourth-order valence-corrected chi connectivity index (χ4v) is 2.84. The minimum Gasteiger partial charge on any atom is -0.384 e. The summed E-state index contributed by atoms with van der Waals surface area (Å²) in [6.07, 6.45) is 1.39. The van der Waals surface area contributed by atoms with Crippen molar-refractivity contribution in [2.45, 2.75) is 11.6 Å². The van der Waals surface area contributed by atoms with Gasteiger partial charge < -0.3 is 5.11 Å². The van der Waals surface area contributed by atoms with Gasteiger partial charge in [0.2, 0.25) is 0 Å². The first kappa shape index (κ1) is 15.3. The Morgan fingerprint density at radius 1 is 1.33 bits per heavy atom. The van der Waals surface area contributed by atoms with Gasteiger partial charge in [-0.3, -0.25) is 5.10 Å². The van der Waals surface area contributed by atoms with Crippen LogP contribution in [0.25, 0.3) is 0 Å². The molecule has 1 heterocycles. The van der Waals surface area contributed by atoms with Gasteiger partial charge in [-0.15, -0.1) is 0 Å². The van der Waals surface area contributed by atoms with Gasteiger partial charge in [0.15, 0.2) is 5.03 Å². The Balaban J connectivity index is 2.26. The van der Waals surface area contributed by atoms with E-state index < -0.39 is 10.0 Å². The summed E-state index contributed by atoms with van der Waals surface area (Å²) in [6, 6.07) is 8.63. The number of sulfonamides is 1. The summed E-state index contributed by atoms with van der Waals surface area (Å²) in [7, 11) is -2.12. The number of nitrogens with one attached hydrogen (secondary N) is 1. The second-order valence-corrected chi connectivity index (χ2v) is 6.31. The highest BCUT2D eigenvalue weighted by Gasteiger charge is 2.22. The van der Waals surface area contributed by atoms with E-state index in [1.807, 2.05) is 12.1 Å². The molecule has 0 atom stereocenters. The van der Waals surface area contributed by atoms with Crippen LogP contribution in [0.4, 0.5) is 0 Å². The van der Waals surface area contributed by atoms with Gasteiger partial charge in [0.25, 0.3) is 10.0 Å². The Labute approximate surface area is 123 Å². The van der Waals surface area contributed by atoms with Crippen LogP contribution in [0, 0.1) is 11.8 Å². The molecule has 2 aromatic rings. The molecule has 0 spiro atoms. The summed E-state index contributed by atoms with van der Waals surface area (Å²) < 4.78 is 25.8. The molecule has 1 aromatic heterocycles. The average molecular weight is 305 g/mol. The van der Waals surface area contributed by atoms with Crippen molar-refractivity contribution in [3.8, 4) is 11.8 Å². The van der Waals surface area contributed by atoms with Crippen molar-refractivity contribution in [1.29, 1.82) is 0 Å². The first-order valence-electron chi connectivity index (χ1n) is 6.19. The molecule has 0 bridgehead atoms. The highest BCUT2D eigenvalue weighted by Crippen LogP contribution is 2.16. The summed E-state index contributed by atoms with van der Waals surface area (Å²) in [6.45, 7) is -0.0613.